The fraction of sp³-hybridized carbons (Fsp3) is 0.467. The van der Waals surface area contributed by atoms with E-state index in [9.17, 15) is 9.59 Å². The van der Waals surface area contributed by atoms with Crippen molar-refractivity contribution in [1.82, 2.24) is 5.32 Å². The highest BCUT2D eigenvalue weighted by Gasteiger charge is 2.22. The summed E-state index contributed by atoms with van der Waals surface area (Å²) in [6.45, 7) is 0.499. The Labute approximate surface area is 125 Å². The number of hydrogen-bond donors (Lipinski definition) is 2. The molecule has 1 aromatic carbocycles. The van der Waals surface area contributed by atoms with Crippen LogP contribution in [0.1, 0.15) is 12.8 Å². The van der Waals surface area contributed by atoms with E-state index in [-0.39, 0.29) is 12.5 Å². The van der Waals surface area contributed by atoms with Crippen molar-refractivity contribution in [3.8, 4) is 0 Å². The van der Waals surface area contributed by atoms with Crippen LogP contribution in [-0.2, 0) is 14.3 Å². The topological polar surface area (TPSA) is 84.7 Å². The van der Waals surface area contributed by atoms with E-state index in [1.54, 1.807) is 11.9 Å². The number of methoxy groups -OCH3 is 1. The molecule has 0 spiro atoms. The molecule has 3 N–H and O–H groups in total. The summed E-state index contributed by atoms with van der Waals surface area (Å²) in [6.07, 6.45) is 1.27. The number of likely N-dealkylation sites (N-methyl/N-ethyl adjacent to an activating group) is 1. The van der Waals surface area contributed by atoms with Gasteiger partial charge in [-0.15, -0.1) is 0 Å². The first-order valence-electron chi connectivity index (χ1n) is 6.93. The largest absolute Gasteiger partial charge is 0.468 e. The van der Waals surface area contributed by atoms with E-state index in [4.69, 9.17) is 5.73 Å². The predicted molar refractivity (Wildman–Crippen MR) is 81.9 cm³/mol. The Morgan fingerprint density at radius 2 is 2.00 bits per heavy atom. The quantitative estimate of drug-likeness (QED) is 0.683. The lowest BCUT2D eigenvalue weighted by Crippen LogP contribution is -2.47. The average molecular weight is 293 g/mol. The van der Waals surface area contributed by atoms with Gasteiger partial charge in [0.25, 0.3) is 0 Å². The molecule has 116 valence electrons. The molecule has 1 amide bonds. The minimum atomic E-state index is -0.460. The number of para-hydroxylation sites is 1. The van der Waals surface area contributed by atoms with Gasteiger partial charge in [0.05, 0.1) is 19.7 Å². The molecule has 1 rings (SSSR count). The van der Waals surface area contributed by atoms with E-state index in [2.05, 4.69) is 10.1 Å². The van der Waals surface area contributed by atoms with Gasteiger partial charge in [0.2, 0.25) is 5.91 Å². The van der Waals surface area contributed by atoms with Crippen molar-refractivity contribution in [3.05, 3.63) is 30.3 Å². The van der Waals surface area contributed by atoms with Gasteiger partial charge < -0.3 is 15.4 Å². The smallest absolute Gasteiger partial charge is 0.319 e. The number of esters is 1. The molecule has 1 atom stereocenters. The summed E-state index contributed by atoms with van der Waals surface area (Å²) < 4.78 is 4.58. The highest BCUT2D eigenvalue weighted by Crippen LogP contribution is 2.13. The second-order valence-electron chi connectivity index (χ2n) is 4.67. The van der Waals surface area contributed by atoms with Gasteiger partial charge in [-0.2, -0.15) is 0 Å². The zero-order chi connectivity index (χ0) is 15.7. The van der Waals surface area contributed by atoms with Gasteiger partial charge in [0, 0.05) is 12.7 Å². The first-order valence-corrected chi connectivity index (χ1v) is 6.93. The minimum absolute atomic E-state index is 0.000107. The van der Waals surface area contributed by atoms with Gasteiger partial charge in [-0.05, 0) is 31.5 Å². The normalized spacial score (nSPS) is 11.8. The average Bonchev–Trinajstić information content (AvgIpc) is 2.54. The molecule has 0 unspecified atom stereocenters. The van der Waals surface area contributed by atoms with Crippen LogP contribution >= 0.6 is 0 Å². The molecule has 0 bridgehead atoms. The van der Waals surface area contributed by atoms with Crippen molar-refractivity contribution >= 4 is 17.6 Å². The number of ether oxygens (including phenoxy) is 1. The lowest BCUT2D eigenvalue weighted by atomic mass is 10.1. The number of nitrogens with one attached hydrogen (secondary N) is 1. The molecule has 0 radical (unpaired) electrons. The molecule has 0 aliphatic rings. The van der Waals surface area contributed by atoms with E-state index < -0.39 is 12.0 Å². The Kier molecular flexibility index (Phi) is 7.42. The number of hydrogen-bond acceptors (Lipinski definition) is 5. The van der Waals surface area contributed by atoms with Crippen LogP contribution in [0, 0.1) is 0 Å². The molecule has 0 aliphatic carbocycles. The number of nitrogens with two attached hydrogens (primary N) is 1. The number of anilines is 1. The maximum Gasteiger partial charge on any atom is 0.319 e. The SMILES string of the molecule is COC(=O)CN[C@@H](CCCN)C(=O)N(C)c1ccccc1. The van der Waals surface area contributed by atoms with Crippen molar-refractivity contribution in [2.45, 2.75) is 18.9 Å². The molecular formula is C15H23N3O3. The summed E-state index contributed by atoms with van der Waals surface area (Å²) in [5.74, 6) is -0.499. The molecule has 6 nitrogen and oxygen atoms in total. The Bertz CT molecular complexity index is 451. The molecule has 0 aromatic heterocycles. The monoisotopic (exact) mass is 293 g/mol. The van der Waals surface area contributed by atoms with E-state index in [0.717, 1.165) is 5.69 Å². The van der Waals surface area contributed by atoms with Crippen LogP contribution in [-0.4, -0.2) is 45.2 Å². The fourth-order valence-corrected chi connectivity index (χ4v) is 1.93. The second-order valence-corrected chi connectivity index (χ2v) is 4.67. The third-order valence-corrected chi connectivity index (χ3v) is 3.19. The lowest BCUT2D eigenvalue weighted by Gasteiger charge is -2.24. The van der Waals surface area contributed by atoms with Gasteiger partial charge in [0.15, 0.2) is 0 Å². The first-order chi connectivity index (χ1) is 10.1. The van der Waals surface area contributed by atoms with E-state index in [1.165, 1.54) is 7.11 Å². The maximum atomic E-state index is 12.5. The summed E-state index contributed by atoms with van der Waals surface area (Å²) in [6, 6.07) is 8.89. The number of amides is 1. The molecule has 0 heterocycles. The maximum absolute atomic E-state index is 12.5. The number of carbonyl (C=O) groups excluding carboxylic acids is 2. The Balaban J connectivity index is 2.71. The lowest BCUT2D eigenvalue weighted by molar-refractivity contribution is -0.139. The third-order valence-electron chi connectivity index (χ3n) is 3.19. The summed E-state index contributed by atoms with van der Waals surface area (Å²) in [5, 5.41) is 2.93. The van der Waals surface area contributed by atoms with Gasteiger partial charge in [-0.25, -0.2) is 0 Å². The number of rotatable bonds is 8. The Morgan fingerprint density at radius 1 is 1.33 bits per heavy atom. The molecule has 6 heteroatoms. The van der Waals surface area contributed by atoms with Gasteiger partial charge in [0.1, 0.15) is 0 Å². The van der Waals surface area contributed by atoms with Crippen molar-refractivity contribution in [2.24, 2.45) is 5.73 Å². The fourth-order valence-electron chi connectivity index (χ4n) is 1.93. The van der Waals surface area contributed by atoms with Crippen LogP contribution < -0.4 is 16.0 Å². The number of benzene rings is 1. The number of carbonyl (C=O) groups is 2. The van der Waals surface area contributed by atoms with Gasteiger partial charge in [-0.3, -0.25) is 14.9 Å². The van der Waals surface area contributed by atoms with E-state index in [0.29, 0.717) is 19.4 Å². The standard InChI is InChI=1S/C15H23N3O3/c1-18(12-7-4-3-5-8-12)15(20)13(9-6-10-16)17-11-14(19)21-2/h3-5,7-8,13,17H,6,9-11,16H2,1-2H3/t13-/m0/s1. The van der Waals surface area contributed by atoms with Crippen molar-refractivity contribution in [3.63, 3.8) is 0 Å². The van der Waals surface area contributed by atoms with Crippen LogP contribution in [0.4, 0.5) is 5.69 Å². The molecule has 1 aromatic rings. The van der Waals surface area contributed by atoms with Crippen LogP contribution in [0.5, 0.6) is 0 Å². The molecule has 21 heavy (non-hydrogen) atoms. The second kappa shape index (κ2) is 9.10. The molecule has 0 fully saturated rings. The minimum Gasteiger partial charge on any atom is -0.468 e. The van der Waals surface area contributed by atoms with Crippen LogP contribution in [0.25, 0.3) is 0 Å². The summed E-state index contributed by atoms with van der Waals surface area (Å²) in [4.78, 5) is 25.3. The van der Waals surface area contributed by atoms with Crippen molar-refractivity contribution in [2.75, 3.05) is 32.1 Å². The van der Waals surface area contributed by atoms with E-state index >= 15 is 0 Å². The van der Waals surface area contributed by atoms with E-state index in [1.807, 2.05) is 30.3 Å². The zero-order valence-electron chi connectivity index (χ0n) is 12.5. The molecular weight excluding hydrogens is 270 g/mol. The number of nitrogens with zero attached hydrogens (tertiary/aromatic N) is 1. The highest BCUT2D eigenvalue weighted by molar-refractivity contribution is 5.96. The van der Waals surface area contributed by atoms with Crippen LogP contribution in [0.15, 0.2) is 30.3 Å². The zero-order valence-corrected chi connectivity index (χ0v) is 12.5. The first kappa shape index (κ1) is 17.1. The molecule has 0 aliphatic heterocycles. The van der Waals surface area contributed by atoms with Crippen LogP contribution in [0.2, 0.25) is 0 Å². The third kappa shape index (κ3) is 5.53. The Hall–Kier alpha value is -1.92. The molecule has 0 saturated heterocycles. The van der Waals surface area contributed by atoms with Gasteiger partial charge >= 0.3 is 5.97 Å². The van der Waals surface area contributed by atoms with Crippen LogP contribution in [0.3, 0.4) is 0 Å². The van der Waals surface area contributed by atoms with Crippen molar-refractivity contribution < 1.29 is 14.3 Å². The van der Waals surface area contributed by atoms with Crippen molar-refractivity contribution in [1.29, 1.82) is 0 Å². The summed E-state index contributed by atoms with van der Waals surface area (Å²) in [7, 11) is 3.03. The molecule has 0 saturated carbocycles. The summed E-state index contributed by atoms with van der Waals surface area (Å²) in [5.41, 5.74) is 6.31. The summed E-state index contributed by atoms with van der Waals surface area (Å²) >= 11 is 0. The van der Waals surface area contributed by atoms with Gasteiger partial charge in [-0.1, -0.05) is 18.2 Å². The Morgan fingerprint density at radius 3 is 2.57 bits per heavy atom. The predicted octanol–water partition coefficient (Wildman–Crippen LogP) is 0.520. The highest BCUT2D eigenvalue weighted by atomic mass is 16.5.